The molecule has 1 heterocycles. The largest absolute Gasteiger partial charge is 0.399 e. The number of rotatable bonds is 0. The highest BCUT2D eigenvalue weighted by Gasteiger charge is 2.07. The smallest absolute Gasteiger partial charge is 0.106 e. The SMILES string of the molecule is Cc1nc2cc(N)cc(N)c2n1C. The van der Waals surface area contributed by atoms with Crippen LogP contribution in [-0.2, 0) is 7.05 Å². The summed E-state index contributed by atoms with van der Waals surface area (Å²) in [5, 5.41) is 0. The van der Waals surface area contributed by atoms with Crippen molar-refractivity contribution in [1.29, 1.82) is 0 Å². The summed E-state index contributed by atoms with van der Waals surface area (Å²) in [6.07, 6.45) is 0. The van der Waals surface area contributed by atoms with Crippen LogP contribution in [0.1, 0.15) is 5.82 Å². The van der Waals surface area contributed by atoms with Gasteiger partial charge in [-0.15, -0.1) is 0 Å². The van der Waals surface area contributed by atoms with Crippen LogP contribution >= 0.6 is 0 Å². The molecule has 1 aromatic carbocycles. The number of aryl methyl sites for hydroxylation is 2. The van der Waals surface area contributed by atoms with E-state index in [1.165, 1.54) is 0 Å². The predicted molar refractivity (Wildman–Crippen MR) is 54.3 cm³/mol. The van der Waals surface area contributed by atoms with Crippen molar-refractivity contribution in [2.75, 3.05) is 11.5 Å². The molecule has 13 heavy (non-hydrogen) atoms. The Balaban J connectivity index is 2.94. The lowest BCUT2D eigenvalue weighted by atomic mass is 10.2. The molecule has 0 unspecified atom stereocenters. The first-order chi connectivity index (χ1) is 6.09. The molecule has 2 aromatic rings. The highest BCUT2D eigenvalue weighted by Crippen LogP contribution is 2.24. The normalized spacial score (nSPS) is 10.9. The van der Waals surface area contributed by atoms with Crippen LogP contribution in [0.2, 0.25) is 0 Å². The van der Waals surface area contributed by atoms with E-state index in [9.17, 15) is 0 Å². The van der Waals surface area contributed by atoms with Gasteiger partial charge in [-0.3, -0.25) is 0 Å². The minimum atomic E-state index is 0.656. The molecule has 0 aliphatic rings. The van der Waals surface area contributed by atoms with E-state index in [-0.39, 0.29) is 0 Å². The lowest BCUT2D eigenvalue weighted by Gasteiger charge is -2.01. The van der Waals surface area contributed by atoms with Crippen LogP contribution < -0.4 is 11.5 Å². The molecule has 0 atom stereocenters. The third kappa shape index (κ3) is 1.02. The molecule has 0 fully saturated rings. The van der Waals surface area contributed by atoms with Crippen molar-refractivity contribution < 1.29 is 0 Å². The summed E-state index contributed by atoms with van der Waals surface area (Å²) in [5.41, 5.74) is 14.6. The molecular weight excluding hydrogens is 164 g/mol. The molecule has 0 amide bonds. The summed E-state index contributed by atoms with van der Waals surface area (Å²) in [7, 11) is 1.94. The summed E-state index contributed by atoms with van der Waals surface area (Å²) in [6, 6.07) is 3.59. The standard InChI is InChI=1S/C9H12N4/c1-5-12-8-4-6(10)3-7(11)9(8)13(5)2/h3-4H,10-11H2,1-2H3. The molecule has 4 nitrogen and oxygen atoms in total. The second-order valence-corrected chi connectivity index (χ2v) is 3.20. The van der Waals surface area contributed by atoms with Gasteiger partial charge in [0.1, 0.15) is 5.82 Å². The van der Waals surface area contributed by atoms with E-state index in [0.717, 1.165) is 16.9 Å². The number of nitrogen functional groups attached to an aromatic ring is 2. The predicted octanol–water partition coefficient (Wildman–Crippen LogP) is 1.05. The minimum absolute atomic E-state index is 0.656. The highest BCUT2D eigenvalue weighted by molar-refractivity contribution is 5.90. The van der Waals surface area contributed by atoms with Crippen LogP contribution in [0.25, 0.3) is 11.0 Å². The number of fused-ring (bicyclic) bond motifs is 1. The van der Waals surface area contributed by atoms with Gasteiger partial charge in [0.25, 0.3) is 0 Å². The van der Waals surface area contributed by atoms with Crippen molar-refractivity contribution in [2.45, 2.75) is 6.92 Å². The molecule has 0 bridgehead atoms. The van der Waals surface area contributed by atoms with Gasteiger partial charge in [-0.05, 0) is 19.1 Å². The maximum Gasteiger partial charge on any atom is 0.106 e. The lowest BCUT2D eigenvalue weighted by Crippen LogP contribution is -1.96. The molecule has 2 rings (SSSR count). The first-order valence-corrected chi connectivity index (χ1v) is 4.07. The van der Waals surface area contributed by atoms with Gasteiger partial charge in [-0.25, -0.2) is 4.98 Å². The van der Waals surface area contributed by atoms with Crippen LogP contribution in [0.3, 0.4) is 0 Å². The zero-order chi connectivity index (χ0) is 9.59. The summed E-state index contributed by atoms with van der Waals surface area (Å²) in [6.45, 7) is 1.94. The van der Waals surface area contributed by atoms with Crippen molar-refractivity contribution in [3.63, 3.8) is 0 Å². The molecule has 4 N–H and O–H groups in total. The fourth-order valence-corrected chi connectivity index (χ4v) is 1.53. The third-order valence-electron chi connectivity index (χ3n) is 2.24. The van der Waals surface area contributed by atoms with E-state index in [2.05, 4.69) is 4.98 Å². The highest BCUT2D eigenvalue weighted by atomic mass is 15.1. The molecule has 1 aromatic heterocycles. The Bertz CT molecular complexity index is 470. The fourth-order valence-electron chi connectivity index (χ4n) is 1.53. The van der Waals surface area contributed by atoms with Crippen molar-refractivity contribution in [3.05, 3.63) is 18.0 Å². The Kier molecular flexibility index (Phi) is 1.45. The first kappa shape index (κ1) is 7.91. The number of nitrogens with zero attached hydrogens (tertiary/aromatic N) is 2. The average molecular weight is 176 g/mol. The van der Waals surface area contributed by atoms with Gasteiger partial charge in [0.05, 0.1) is 16.7 Å². The van der Waals surface area contributed by atoms with Gasteiger partial charge in [-0.1, -0.05) is 0 Å². The Labute approximate surface area is 76.2 Å². The first-order valence-electron chi connectivity index (χ1n) is 4.07. The monoisotopic (exact) mass is 176 g/mol. The Morgan fingerprint density at radius 2 is 2.00 bits per heavy atom. The van der Waals surface area contributed by atoms with Crippen LogP contribution in [-0.4, -0.2) is 9.55 Å². The number of hydrogen-bond acceptors (Lipinski definition) is 3. The Hall–Kier alpha value is -1.71. The van der Waals surface area contributed by atoms with Gasteiger partial charge >= 0.3 is 0 Å². The molecule has 4 heteroatoms. The molecule has 0 aliphatic heterocycles. The van der Waals surface area contributed by atoms with Gasteiger partial charge < -0.3 is 16.0 Å². The number of benzene rings is 1. The third-order valence-corrected chi connectivity index (χ3v) is 2.24. The molecule has 0 saturated carbocycles. The van der Waals surface area contributed by atoms with Gasteiger partial charge in [0, 0.05) is 12.7 Å². The van der Waals surface area contributed by atoms with Crippen molar-refractivity contribution in [1.82, 2.24) is 9.55 Å². The van der Waals surface area contributed by atoms with Crippen LogP contribution in [0.15, 0.2) is 12.1 Å². The van der Waals surface area contributed by atoms with E-state index < -0.39 is 0 Å². The minimum Gasteiger partial charge on any atom is -0.399 e. The van der Waals surface area contributed by atoms with Gasteiger partial charge in [0.15, 0.2) is 0 Å². The van der Waals surface area contributed by atoms with Crippen molar-refractivity contribution >= 4 is 22.4 Å². The summed E-state index contributed by atoms with van der Waals surface area (Å²) < 4.78 is 1.96. The summed E-state index contributed by atoms with van der Waals surface area (Å²) in [5.74, 6) is 0.937. The molecular formula is C9H12N4. The van der Waals surface area contributed by atoms with Crippen molar-refractivity contribution in [3.8, 4) is 0 Å². The van der Waals surface area contributed by atoms with E-state index in [1.807, 2.05) is 24.6 Å². The van der Waals surface area contributed by atoms with Crippen LogP contribution in [0.4, 0.5) is 11.4 Å². The van der Waals surface area contributed by atoms with Gasteiger partial charge in [-0.2, -0.15) is 0 Å². The maximum absolute atomic E-state index is 5.83. The van der Waals surface area contributed by atoms with E-state index in [1.54, 1.807) is 6.07 Å². The topological polar surface area (TPSA) is 69.9 Å². The van der Waals surface area contributed by atoms with Gasteiger partial charge in [0.2, 0.25) is 0 Å². The zero-order valence-electron chi connectivity index (χ0n) is 7.70. The second kappa shape index (κ2) is 2.39. The number of anilines is 2. The number of nitrogens with two attached hydrogens (primary N) is 2. The van der Waals surface area contributed by atoms with E-state index in [0.29, 0.717) is 11.4 Å². The number of hydrogen-bond donors (Lipinski definition) is 2. The molecule has 0 radical (unpaired) electrons. The molecule has 68 valence electrons. The quantitative estimate of drug-likeness (QED) is 0.589. The second-order valence-electron chi connectivity index (χ2n) is 3.20. The summed E-state index contributed by atoms with van der Waals surface area (Å²) in [4.78, 5) is 4.34. The van der Waals surface area contributed by atoms with Crippen LogP contribution in [0, 0.1) is 6.92 Å². The molecule has 0 spiro atoms. The zero-order valence-corrected chi connectivity index (χ0v) is 7.70. The van der Waals surface area contributed by atoms with Crippen LogP contribution in [0.5, 0.6) is 0 Å². The Morgan fingerprint density at radius 1 is 1.31 bits per heavy atom. The average Bonchev–Trinajstić information content (AvgIpc) is 2.27. The van der Waals surface area contributed by atoms with E-state index >= 15 is 0 Å². The lowest BCUT2D eigenvalue weighted by molar-refractivity contribution is 0.887. The number of aromatic nitrogens is 2. The molecule has 0 aliphatic carbocycles. The maximum atomic E-state index is 5.83. The van der Waals surface area contributed by atoms with E-state index in [4.69, 9.17) is 11.5 Å². The van der Waals surface area contributed by atoms with Crippen molar-refractivity contribution in [2.24, 2.45) is 7.05 Å². The Morgan fingerprint density at radius 3 is 2.69 bits per heavy atom. The summed E-state index contributed by atoms with van der Waals surface area (Å²) >= 11 is 0. The fraction of sp³-hybridized carbons (Fsp3) is 0.222. The number of imidazole rings is 1. The molecule has 0 saturated heterocycles.